The number of rotatable bonds is 0. The predicted molar refractivity (Wildman–Crippen MR) is 129 cm³/mol. The van der Waals surface area contributed by atoms with E-state index in [9.17, 15) is 9.90 Å². The number of carbonyl (C=O) groups excluding carboxylic acids is 1. The number of ether oxygens (including phenoxy) is 1. The molecule has 4 heteroatoms. The van der Waals surface area contributed by atoms with Crippen LogP contribution in [0.2, 0.25) is 0 Å². The van der Waals surface area contributed by atoms with Gasteiger partial charge in [-0.25, -0.2) is 0 Å². The lowest BCUT2D eigenvalue weighted by Crippen LogP contribution is -2.60. The average Bonchev–Trinajstić information content (AvgIpc) is 3.21. The van der Waals surface area contributed by atoms with Crippen LogP contribution in [0, 0.1) is 52.3 Å². The van der Waals surface area contributed by atoms with Gasteiger partial charge < -0.3 is 14.7 Å². The van der Waals surface area contributed by atoms with E-state index in [0.29, 0.717) is 34.7 Å². The lowest BCUT2D eigenvalue weighted by Gasteiger charge is -2.61. The van der Waals surface area contributed by atoms with Crippen molar-refractivity contribution < 1.29 is 14.6 Å². The summed E-state index contributed by atoms with van der Waals surface area (Å²) in [5.74, 6) is 4.91. The van der Waals surface area contributed by atoms with Crippen LogP contribution in [0.4, 0.5) is 0 Å². The van der Waals surface area contributed by atoms with Crippen molar-refractivity contribution in [1.29, 1.82) is 0 Å². The monoisotopic (exact) mass is 457 g/mol. The maximum atomic E-state index is 12.7. The lowest BCUT2D eigenvalue weighted by molar-refractivity contribution is -0.201. The van der Waals surface area contributed by atoms with Crippen molar-refractivity contribution in [3.05, 3.63) is 0 Å². The molecule has 4 nitrogen and oxygen atoms in total. The Labute approximate surface area is 201 Å². The highest BCUT2D eigenvalue weighted by Gasteiger charge is 2.70. The van der Waals surface area contributed by atoms with Gasteiger partial charge in [-0.3, -0.25) is 4.79 Å². The standard InChI is InChI=1S/C29H47NO3/c1-17-8-13-29(30(16-17)19(3)31)18(2)26-25(33-29)15-24-22-7-6-20-14-21(32)9-11-27(20,4)23(22)10-12-28(24,26)5/h17-18,20-26,32H,6-16H2,1-5H3. The highest BCUT2D eigenvalue weighted by Crippen LogP contribution is 2.71. The van der Waals surface area contributed by atoms with Gasteiger partial charge in [0.1, 0.15) is 5.72 Å². The molecule has 186 valence electrons. The largest absolute Gasteiger partial charge is 0.393 e. The molecule has 12 atom stereocenters. The van der Waals surface area contributed by atoms with E-state index in [4.69, 9.17) is 4.74 Å². The molecule has 6 rings (SSSR count). The minimum atomic E-state index is -0.359. The smallest absolute Gasteiger partial charge is 0.221 e. The van der Waals surface area contributed by atoms with E-state index in [1.54, 1.807) is 6.92 Å². The number of hydrogen-bond donors (Lipinski definition) is 1. The van der Waals surface area contributed by atoms with Gasteiger partial charge in [-0.05, 0) is 111 Å². The van der Waals surface area contributed by atoms with Crippen LogP contribution in [0.15, 0.2) is 0 Å². The Bertz CT molecular complexity index is 815. The number of likely N-dealkylation sites (tertiary alicyclic amines) is 1. The van der Waals surface area contributed by atoms with Crippen LogP contribution in [0.1, 0.15) is 98.8 Å². The van der Waals surface area contributed by atoms with Crippen LogP contribution in [-0.2, 0) is 9.53 Å². The summed E-state index contributed by atoms with van der Waals surface area (Å²) in [6.45, 7) is 12.5. The Morgan fingerprint density at radius 2 is 1.70 bits per heavy atom. The molecule has 2 heterocycles. The van der Waals surface area contributed by atoms with E-state index in [1.165, 1.54) is 44.9 Å². The number of aliphatic hydroxyl groups is 1. The summed E-state index contributed by atoms with van der Waals surface area (Å²) in [6, 6.07) is 0. The molecule has 1 N–H and O–H groups in total. The third-order valence-electron chi connectivity index (χ3n) is 12.7. The summed E-state index contributed by atoms with van der Waals surface area (Å²) in [4.78, 5) is 14.9. The van der Waals surface area contributed by atoms with Gasteiger partial charge in [0.2, 0.25) is 5.91 Å². The number of carbonyl (C=O) groups is 1. The van der Waals surface area contributed by atoms with E-state index in [2.05, 4.69) is 32.6 Å². The fourth-order valence-corrected chi connectivity index (χ4v) is 11.1. The van der Waals surface area contributed by atoms with E-state index < -0.39 is 0 Å². The Balaban J connectivity index is 1.28. The minimum Gasteiger partial charge on any atom is -0.393 e. The number of fused-ring (bicyclic) bond motifs is 7. The van der Waals surface area contributed by atoms with Crippen LogP contribution < -0.4 is 0 Å². The van der Waals surface area contributed by atoms with E-state index in [1.807, 2.05) is 0 Å². The molecule has 0 aromatic heterocycles. The molecule has 0 radical (unpaired) electrons. The normalized spacial score (nSPS) is 57.9. The highest BCUT2D eigenvalue weighted by molar-refractivity contribution is 5.74. The van der Waals surface area contributed by atoms with Gasteiger partial charge in [0.25, 0.3) is 0 Å². The molecule has 1 spiro atoms. The number of aliphatic hydroxyl groups excluding tert-OH is 1. The Kier molecular flexibility index (Phi) is 5.15. The van der Waals surface area contributed by atoms with Crippen LogP contribution >= 0.6 is 0 Å². The molecule has 0 aromatic rings. The van der Waals surface area contributed by atoms with E-state index >= 15 is 0 Å². The second-order valence-electron chi connectivity index (χ2n) is 14.0. The zero-order valence-corrected chi connectivity index (χ0v) is 21.7. The molecular formula is C29H47NO3. The SMILES string of the molecule is CC(=O)N1CC(C)CCC12OC1CC3C4CCC5CC(O)CCC5(C)C4CCC3(C)C1C2C. The fourth-order valence-electron chi connectivity index (χ4n) is 11.1. The second kappa shape index (κ2) is 7.45. The molecule has 2 aliphatic heterocycles. The van der Waals surface area contributed by atoms with Crippen LogP contribution in [0.5, 0.6) is 0 Å². The van der Waals surface area contributed by atoms with Crippen molar-refractivity contribution >= 4 is 5.91 Å². The molecule has 6 fully saturated rings. The molecular weight excluding hydrogens is 410 g/mol. The molecule has 4 saturated carbocycles. The molecule has 6 aliphatic rings. The molecule has 2 saturated heterocycles. The Morgan fingerprint density at radius 1 is 0.939 bits per heavy atom. The molecule has 0 bridgehead atoms. The van der Waals surface area contributed by atoms with Gasteiger partial charge in [0.05, 0.1) is 12.2 Å². The van der Waals surface area contributed by atoms with Gasteiger partial charge in [0, 0.05) is 19.4 Å². The van der Waals surface area contributed by atoms with Gasteiger partial charge >= 0.3 is 0 Å². The molecule has 33 heavy (non-hydrogen) atoms. The van der Waals surface area contributed by atoms with Crippen molar-refractivity contribution in [3.63, 3.8) is 0 Å². The van der Waals surface area contributed by atoms with Gasteiger partial charge in [-0.15, -0.1) is 0 Å². The molecule has 12 unspecified atom stereocenters. The van der Waals surface area contributed by atoms with Crippen LogP contribution in [0.25, 0.3) is 0 Å². The van der Waals surface area contributed by atoms with Crippen molar-refractivity contribution in [2.24, 2.45) is 52.3 Å². The summed E-state index contributed by atoms with van der Waals surface area (Å²) in [6.07, 6.45) is 12.3. The zero-order chi connectivity index (χ0) is 23.3. The van der Waals surface area contributed by atoms with Crippen molar-refractivity contribution in [2.75, 3.05) is 6.54 Å². The summed E-state index contributed by atoms with van der Waals surface area (Å²) in [7, 11) is 0. The maximum absolute atomic E-state index is 12.7. The van der Waals surface area contributed by atoms with Crippen LogP contribution in [0.3, 0.4) is 0 Å². The number of nitrogens with zero attached hydrogens (tertiary/aromatic N) is 1. The zero-order valence-electron chi connectivity index (χ0n) is 21.7. The topological polar surface area (TPSA) is 49.8 Å². The van der Waals surface area contributed by atoms with Crippen LogP contribution in [-0.4, -0.2) is 40.4 Å². The molecule has 1 amide bonds. The number of amides is 1. The Hall–Kier alpha value is -0.610. The van der Waals surface area contributed by atoms with Crippen molar-refractivity contribution in [1.82, 2.24) is 4.90 Å². The first-order chi connectivity index (χ1) is 15.6. The third-order valence-corrected chi connectivity index (χ3v) is 12.7. The summed E-state index contributed by atoms with van der Waals surface area (Å²) < 4.78 is 7.10. The first-order valence-electron chi connectivity index (χ1n) is 14.2. The van der Waals surface area contributed by atoms with Crippen molar-refractivity contribution in [2.45, 2.75) is 117 Å². The molecule has 4 aliphatic carbocycles. The first kappa shape index (κ1) is 22.8. The third kappa shape index (κ3) is 2.98. The second-order valence-corrected chi connectivity index (χ2v) is 14.0. The first-order valence-corrected chi connectivity index (χ1v) is 14.2. The summed E-state index contributed by atoms with van der Waals surface area (Å²) in [5.41, 5.74) is 0.416. The average molecular weight is 458 g/mol. The van der Waals surface area contributed by atoms with E-state index in [0.717, 1.165) is 49.5 Å². The lowest BCUT2D eigenvalue weighted by atomic mass is 9.44. The van der Waals surface area contributed by atoms with Gasteiger partial charge in [-0.1, -0.05) is 27.7 Å². The minimum absolute atomic E-state index is 0.0628. The number of hydrogen-bond acceptors (Lipinski definition) is 3. The Morgan fingerprint density at radius 3 is 2.45 bits per heavy atom. The summed E-state index contributed by atoms with van der Waals surface area (Å²) >= 11 is 0. The fraction of sp³-hybridized carbons (Fsp3) is 0.966. The maximum Gasteiger partial charge on any atom is 0.221 e. The summed E-state index contributed by atoms with van der Waals surface area (Å²) in [5, 5.41) is 10.3. The number of piperidine rings is 1. The van der Waals surface area contributed by atoms with Gasteiger partial charge in [0.15, 0.2) is 0 Å². The predicted octanol–water partition coefficient (Wildman–Crippen LogP) is 5.63. The quantitative estimate of drug-likeness (QED) is 0.513. The van der Waals surface area contributed by atoms with E-state index in [-0.39, 0.29) is 17.7 Å². The molecule has 0 aromatic carbocycles. The highest BCUT2D eigenvalue weighted by atomic mass is 16.5. The van der Waals surface area contributed by atoms with Gasteiger partial charge in [-0.2, -0.15) is 0 Å². The van der Waals surface area contributed by atoms with Crippen molar-refractivity contribution in [3.8, 4) is 0 Å².